The molecule has 4 nitrogen and oxygen atoms in total. The maximum absolute atomic E-state index is 10.0. The number of piperazine rings is 1. The normalized spacial score (nSPS) is 17.4. The molecule has 0 aromatic heterocycles. The van der Waals surface area contributed by atoms with Crippen LogP contribution in [0.1, 0.15) is 50.3 Å². The molecule has 1 N–H and O–H groups in total. The summed E-state index contributed by atoms with van der Waals surface area (Å²) in [7, 11) is 0. The van der Waals surface area contributed by atoms with Crippen LogP contribution in [-0.4, -0.2) is 47.1 Å². The maximum Gasteiger partial charge on any atom is 0.119 e. The number of nitrogens with zero attached hydrogens (tertiary/aromatic N) is 2. The van der Waals surface area contributed by atoms with E-state index in [9.17, 15) is 5.11 Å². The lowest BCUT2D eigenvalue weighted by molar-refractivity contribution is 0.0549. The van der Waals surface area contributed by atoms with E-state index in [4.69, 9.17) is 4.74 Å². The van der Waals surface area contributed by atoms with Gasteiger partial charge >= 0.3 is 0 Å². The van der Waals surface area contributed by atoms with Crippen LogP contribution < -0.4 is 4.74 Å². The molecular formula is C31H40N2O2. The van der Waals surface area contributed by atoms with Gasteiger partial charge in [0, 0.05) is 32.2 Å². The Kier molecular flexibility index (Phi) is 8.48. The Bertz CT molecular complexity index is 1050. The molecule has 1 atom stereocenters. The number of phenolic OH excluding ortho intramolecular Hbond substituents is 1. The lowest BCUT2D eigenvalue weighted by Crippen LogP contribution is -2.54. The van der Waals surface area contributed by atoms with Crippen molar-refractivity contribution < 1.29 is 9.84 Å². The molecule has 3 aromatic carbocycles. The fourth-order valence-corrected chi connectivity index (χ4v) is 5.20. The van der Waals surface area contributed by atoms with Crippen LogP contribution in [-0.2, 0) is 18.6 Å². The molecule has 3 aromatic rings. The zero-order chi connectivity index (χ0) is 24.7. The summed E-state index contributed by atoms with van der Waals surface area (Å²) in [5, 5.41) is 10.0. The molecule has 1 fully saturated rings. The molecule has 0 amide bonds. The van der Waals surface area contributed by atoms with Crippen molar-refractivity contribution >= 4 is 0 Å². The van der Waals surface area contributed by atoms with Crippen LogP contribution in [0.4, 0.5) is 0 Å². The van der Waals surface area contributed by atoms with Crippen molar-refractivity contribution in [1.82, 2.24) is 9.80 Å². The van der Waals surface area contributed by atoms with Crippen LogP contribution >= 0.6 is 0 Å². The SMILES string of the molecule is CCCN1CCN(Cc2ccc(OCc3ccccc3)cc2)CC1CC(C)(C)c1cccc(O)c1. The molecule has 0 bridgehead atoms. The molecule has 4 heteroatoms. The summed E-state index contributed by atoms with van der Waals surface area (Å²) in [6, 6.07) is 27.1. The van der Waals surface area contributed by atoms with Gasteiger partial charge in [0.15, 0.2) is 0 Å². The minimum atomic E-state index is -0.00382. The van der Waals surface area contributed by atoms with Crippen molar-refractivity contribution in [3.05, 3.63) is 95.6 Å². The van der Waals surface area contributed by atoms with Crippen LogP contribution in [0.3, 0.4) is 0 Å². The van der Waals surface area contributed by atoms with Crippen LogP contribution in [0.15, 0.2) is 78.9 Å². The molecule has 1 aliphatic rings. The Morgan fingerprint density at radius 2 is 1.69 bits per heavy atom. The highest BCUT2D eigenvalue weighted by molar-refractivity contribution is 5.32. The van der Waals surface area contributed by atoms with E-state index in [1.165, 1.54) is 23.1 Å². The van der Waals surface area contributed by atoms with Gasteiger partial charge in [-0.25, -0.2) is 0 Å². The van der Waals surface area contributed by atoms with Gasteiger partial charge in [-0.15, -0.1) is 0 Å². The molecular weight excluding hydrogens is 432 g/mol. The standard InChI is InChI=1S/C31H40N2O2/c1-4-17-33-19-18-32(23-28(33)21-31(2,3)27-11-8-12-29(34)20-27)22-25-13-15-30(16-14-25)35-24-26-9-6-5-7-10-26/h5-16,20,28,34H,4,17-19,21-24H2,1-3H3. The third-order valence-corrected chi connectivity index (χ3v) is 7.15. The third-order valence-electron chi connectivity index (χ3n) is 7.15. The molecule has 1 aliphatic heterocycles. The first-order valence-corrected chi connectivity index (χ1v) is 12.9. The fraction of sp³-hybridized carbons (Fsp3) is 0.419. The highest BCUT2D eigenvalue weighted by Crippen LogP contribution is 2.33. The second-order valence-corrected chi connectivity index (χ2v) is 10.5. The Balaban J connectivity index is 1.37. The largest absolute Gasteiger partial charge is 0.508 e. The van der Waals surface area contributed by atoms with E-state index in [1.807, 2.05) is 30.3 Å². The van der Waals surface area contributed by atoms with E-state index in [1.54, 1.807) is 6.07 Å². The molecule has 186 valence electrons. The number of aromatic hydroxyl groups is 1. The first-order chi connectivity index (χ1) is 16.9. The molecule has 0 saturated carbocycles. The van der Waals surface area contributed by atoms with E-state index in [0.717, 1.165) is 44.9 Å². The Labute approximate surface area is 211 Å². The lowest BCUT2D eigenvalue weighted by atomic mass is 9.78. The molecule has 1 unspecified atom stereocenters. The molecule has 0 aliphatic carbocycles. The summed E-state index contributed by atoms with van der Waals surface area (Å²) >= 11 is 0. The number of phenols is 1. The number of benzene rings is 3. The topological polar surface area (TPSA) is 35.9 Å². The zero-order valence-corrected chi connectivity index (χ0v) is 21.5. The number of ether oxygens (including phenoxy) is 1. The van der Waals surface area contributed by atoms with Crippen molar-refractivity contribution in [3.8, 4) is 11.5 Å². The molecule has 1 saturated heterocycles. The van der Waals surface area contributed by atoms with E-state index >= 15 is 0 Å². The summed E-state index contributed by atoms with van der Waals surface area (Å²) in [5.41, 5.74) is 3.71. The van der Waals surface area contributed by atoms with Gasteiger partial charge < -0.3 is 9.84 Å². The summed E-state index contributed by atoms with van der Waals surface area (Å²) in [4.78, 5) is 5.26. The van der Waals surface area contributed by atoms with Crippen LogP contribution in [0.2, 0.25) is 0 Å². The van der Waals surface area contributed by atoms with Crippen molar-refractivity contribution in [1.29, 1.82) is 0 Å². The molecule has 0 spiro atoms. The first-order valence-electron chi connectivity index (χ1n) is 12.9. The van der Waals surface area contributed by atoms with Gasteiger partial charge in [-0.1, -0.05) is 75.4 Å². The van der Waals surface area contributed by atoms with Crippen LogP contribution in [0, 0.1) is 0 Å². The first kappa shape index (κ1) is 25.3. The van der Waals surface area contributed by atoms with Crippen molar-refractivity contribution in [2.75, 3.05) is 26.2 Å². The number of rotatable bonds is 10. The molecule has 0 radical (unpaired) electrons. The predicted molar refractivity (Wildman–Crippen MR) is 144 cm³/mol. The Morgan fingerprint density at radius 3 is 2.40 bits per heavy atom. The van der Waals surface area contributed by atoms with Gasteiger partial charge in [0.1, 0.15) is 18.1 Å². The zero-order valence-electron chi connectivity index (χ0n) is 21.5. The minimum absolute atomic E-state index is 0.00382. The molecule has 35 heavy (non-hydrogen) atoms. The van der Waals surface area contributed by atoms with Crippen LogP contribution in [0.5, 0.6) is 11.5 Å². The predicted octanol–water partition coefficient (Wildman–Crippen LogP) is 6.24. The summed E-state index contributed by atoms with van der Waals surface area (Å²) in [5.74, 6) is 1.26. The van der Waals surface area contributed by atoms with Gasteiger partial charge in [-0.3, -0.25) is 9.80 Å². The van der Waals surface area contributed by atoms with Crippen LogP contribution in [0.25, 0.3) is 0 Å². The van der Waals surface area contributed by atoms with Gasteiger partial charge in [-0.2, -0.15) is 0 Å². The van der Waals surface area contributed by atoms with Gasteiger partial charge in [0.05, 0.1) is 0 Å². The van der Waals surface area contributed by atoms with E-state index in [-0.39, 0.29) is 5.41 Å². The Hall–Kier alpha value is -2.82. The van der Waals surface area contributed by atoms with Crippen molar-refractivity contribution in [2.45, 2.75) is 58.2 Å². The highest BCUT2D eigenvalue weighted by atomic mass is 16.5. The summed E-state index contributed by atoms with van der Waals surface area (Å²) in [6.45, 7) is 12.8. The summed E-state index contributed by atoms with van der Waals surface area (Å²) < 4.78 is 5.96. The van der Waals surface area contributed by atoms with E-state index in [0.29, 0.717) is 18.4 Å². The van der Waals surface area contributed by atoms with Crippen molar-refractivity contribution in [2.24, 2.45) is 0 Å². The van der Waals surface area contributed by atoms with E-state index < -0.39 is 0 Å². The van der Waals surface area contributed by atoms with Gasteiger partial charge in [0.25, 0.3) is 0 Å². The monoisotopic (exact) mass is 472 g/mol. The average molecular weight is 473 g/mol. The molecule has 1 heterocycles. The second-order valence-electron chi connectivity index (χ2n) is 10.5. The minimum Gasteiger partial charge on any atom is -0.508 e. The highest BCUT2D eigenvalue weighted by Gasteiger charge is 2.32. The third kappa shape index (κ3) is 7.09. The average Bonchev–Trinajstić information content (AvgIpc) is 2.86. The number of hydrogen-bond acceptors (Lipinski definition) is 4. The van der Waals surface area contributed by atoms with Gasteiger partial charge in [0.2, 0.25) is 0 Å². The lowest BCUT2D eigenvalue weighted by Gasteiger charge is -2.44. The summed E-state index contributed by atoms with van der Waals surface area (Å²) in [6.07, 6.45) is 2.24. The smallest absolute Gasteiger partial charge is 0.119 e. The van der Waals surface area contributed by atoms with Crippen molar-refractivity contribution in [3.63, 3.8) is 0 Å². The second kappa shape index (κ2) is 11.7. The molecule has 4 rings (SSSR count). The van der Waals surface area contributed by atoms with Gasteiger partial charge in [-0.05, 0) is 65.8 Å². The maximum atomic E-state index is 10.0. The van der Waals surface area contributed by atoms with E-state index in [2.05, 4.69) is 73.0 Å². The fourth-order valence-electron chi connectivity index (χ4n) is 5.20. The Morgan fingerprint density at radius 1 is 0.914 bits per heavy atom. The number of hydrogen-bond donors (Lipinski definition) is 1. The quantitative estimate of drug-likeness (QED) is 0.379.